The van der Waals surface area contributed by atoms with E-state index in [9.17, 15) is 9.59 Å². The maximum atomic E-state index is 12.6. The highest BCUT2D eigenvalue weighted by molar-refractivity contribution is 5.89. The number of piperidine rings is 1. The molecule has 22 heavy (non-hydrogen) atoms. The molecule has 0 spiro atoms. The molecular weight excluding hydrogens is 302 g/mol. The van der Waals surface area contributed by atoms with E-state index in [4.69, 9.17) is 0 Å². The lowest BCUT2D eigenvalue weighted by atomic mass is 10.0. The van der Waals surface area contributed by atoms with Crippen LogP contribution in [-0.2, 0) is 9.59 Å². The second-order valence-corrected chi connectivity index (χ2v) is 6.31. The van der Waals surface area contributed by atoms with Crippen LogP contribution in [0.5, 0.6) is 0 Å². The minimum absolute atomic E-state index is 0. The van der Waals surface area contributed by atoms with E-state index in [2.05, 4.69) is 19.2 Å². The van der Waals surface area contributed by atoms with Crippen LogP contribution in [0.25, 0.3) is 0 Å². The van der Waals surface area contributed by atoms with Crippen molar-refractivity contribution >= 4 is 24.2 Å². The summed E-state index contributed by atoms with van der Waals surface area (Å²) in [5.41, 5.74) is 0. The zero-order valence-corrected chi connectivity index (χ0v) is 14.8. The van der Waals surface area contributed by atoms with Gasteiger partial charge in [0.25, 0.3) is 0 Å². The van der Waals surface area contributed by atoms with Gasteiger partial charge in [-0.2, -0.15) is 0 Å². The van der Waals surface area contributed by atoms with Crippen LogP contribution in [0.3, 0.4) is 0 Å². The molecule has 0 aliphatic carbocycles. The minimum Gasteiger partial charge on any atom is -0.342 e. The number of carbonyl (C=O) groups excluding carboxylic acids is 2. The van der Waals surface area contributed by atoms with Crippen molar-refractivity contribution in [2.45, 2.75) is 58.0 Å². The molecule has 2 amide bonds. The smallest absolute Gasteiger partial charge is 0.227 e. The van der Waals surface area contributed by atoms with Crippen LogP contribution >= 0.6 is 12.4 Å². The Kier molecular flexibility index (Phi) is 7.63. The van der Waals surface area contributed by atoms with Gasteiger partial charge in [-0.1, -0.05) is 13.8 Å². The van der Waals surface area contributed by atoms with Gasteiger partial charge in [-0.3, -0.25) is 9.59 Å². The fraction of sp³-hybridized carbons (Fsp3) is 0.875. The van der Waals surface area contributed by atoms with Crippen molar-refractivity contribution in [2.75, 3.05) is 26.7 Å². The van der Waals surface area contributed by atoms with Crippen molar-refractivity contribution in [1.29, 1.82) is 0 Å². The van der Waals surface area contributed by atoms with Gasteiger partial charge in [0.2, 0.25) is 11.8 Å². The van der Waals surface area contributed by atoms with Gasteiger partial charge in [-0.25, -0.2) is 0 Å². The topological polar surface area (TPSA) is 52.7 Å². The number of rotatable bonds is 5. The van der Waals surface area contributed by atoms with Crippen LogP contribution in [0.15, 0.2) is 0 Å². The zero-order chi connectivity index (χ0) is 15.4. The van der Waals surface area contributed by atoms with E-state index in [1.54, 1.807) is 0 Å². The van der Waals surface area contributed by atoms with Gasteiger partial charge in [0.15, 0.2) is 0 Å². The lowest BCUT2D eigenvalue weighted by Crippen LogP contribution is -2.46. The number of hydrogen-bond acceptors (Lipinski definition) is 3. The van der Waals surface area contributed by atoms with E-state index in [0.29, 0.717) is 25.0 Å². The van der Waals surface area contributed by atoms with Crippen LogP contribution in [-0.4, -0.2) is 60.4 Å². The average Bonchev–Trinajstić information content (AvgIpc) is 2.90. The molecule has 2 fully saturated rings. The highest BCUT2D eigenvalue weighted by atomic mass is 35.5. The molecule has 0 aromatic rings. The number of carbonyl (C=O) groups is 2. The van der Waals surface area contributed by atoms with Gasteiger partial charge < -0.3 is 15.1 Å². The summed E-state index contributed by atoms with van der Waals surface area (Å²) >= 11 is 0. The third-order valence-corrected chi connectivity index (χ3v) is 5.11. The molecule has 0 bridgehead atoms. The Balaban J connectivity index is 0.00000242. The zero-order valence-electron chi connectivity index (χ0n) is 14.0. The summed E-state index contributed by atoms with van der Waals surface area (Å²) in [5.74, 6) is 0.225. The summed E-state index contributed by atoms with van der Waals surface area (Å²) in [4.78, 5) is 28.7. The first-order valence-corrected chi connectivity index (χ1v) is 8.36. The molecule has 2 aliphatic rings. The molecule has 0 aromatic heterocycles. The van der Waals surface area contributed by atoms with Gasteiger partial charge in [-0.05, 0) is 32.7 Å². The van der Waals surface area contributed by atoms with Crippen LogP contribution < -0.4 is 5.32 Å². The fourth-order valence-corrected chi connectivity index (χ4v) is 3.63. The molecule has 5 nitrogen and oxygen atoms in total. The molecule has 1 unspecified atom stereocenters. The third kappa shape index (κ3) is 4.13. The number of nitrogens with zero attached hydrogens (tertiary/aromatic N) is 2. The molecule has 0 aromatic carbocycles. The maximum absolute atomic E-state index is 12.6. The Morgan fingerprint density at radius 1 is 1.27 bits per heavy atom. The molecule has 1 atom stereocenters. The van der Waals surface area contributed by atoms with E-state index in [0.717, 1.165) is 38.8 Å². The molecule has 128 valence electrons. The Morgan fingerprint density at radius 3 is 2.36 bits per heavy atom. The maximum Gasteiger partial charge on any atom is 0.227 e. The van der Waals surface area contributed by atoms with E-state index in [1.165, 1.54) is 0 Å². The Morgan fingerprint density at radius 2 is 1.86 bits per heavy atom. The van der Waals surface area contributed by atoms with E-state index in [1.807, 2.05) is 16.8 Å². The molecule has 0 radical (unpaired) electrons. The second-order valence-electron chi connectivity index (χ2n) is 6.31. The number of halogens is 1. The summed E-state index contributed by atoms with van der Waals surface area (Å²) in [6.45, 7) is 6.48. The Bertz CT molecular complexity index is 380. The highest BCUT2D eigenvalue weighted by Crippen LogP contribution is 2.25. The molecule has 2 rings (SSSR count). The number of hydrogen-bond donors (Lipinski definition) is 1. The normalized spacial score (nSPS) is 23.1. The average molecular weight is 332 g/mol. The van der Waals surface area contributed by atoms with Crippen molar-refractivity contribution in [2.24, 2.45) is 5.92 Å². The van der Waals surface area contributed by atoms with Crippen LogP contribution in [0, 0.1) is 5.92 Å². The first-order chi connectivity index (χ1) is 10.1. The van der Waals surface area contributed by atoms with Crippen molar-refractivity contribution in [3.8, 4) is 0 Å². The van der Waals surface area contributed by atoms with Gasteiger partial charge in [0.1, 0.15) is 0 Å². The standard InChI is InChI=1S/C16H29N3O2.ClH/c1-4-14(5-2)19-11-12(10-15(19)20)16(21)18-8-6-13(17-3)7-9-18;/h12-14,17H,4-11H2,1-3H3;1H. The molecular formula is C16H30ClN3O2. The van der Waals surface area contributed by atoms with Crippen LogP contribution in [0.4, 0.5) is 0 Å². The van der Waals surface area contributed by atoms with Gasteiger partial charge in [-0.15, -0.1) is 12.4 Å². The van der Waals surface area contributed by atoms with Crippen molar-refractivity contribution in [3.63, 3.8) is 0 Å². The first kappa shape index (κ1) is 19.2. The number of likely N-dealkylation sites (tertiary alicyclic amines) is 2. The van der Waals surface area contributed by atoms with Crippen molar-refractivity contribution < 1.29 is 9.59 Å². The van der Waals surface area contributed by atoms with Crippen LogP contribution in [0.2, 0.25) is 0 Å². The predicted octanol–water partition coefficient (Wildman–Crippen LogP) is 1.66. The quantitative estimate of drug-likeness (QED) is 0.833. The number of amides is 2. The molecule has 2 aliphatic heterocycles. The van der Waals surface area contributed by atoms with E-state index >= 15 is 0 Å². The molecule has 6 heteroatoms. The molecule has 2 heterocycles. The number of nitrogens with one attached hydrogen (secondary N) is 1. The SMILES string of the molecule is CCC(CC)N1CC(C(=O)N2CCC(NC)CC2)CC1=O.Cl. The largest absolute Gasteiger partial charge is 0.342 e. The first-order valence-electron chi connectivity index (χ1n) is 8.36. The minimum atomic E-state index is -0.121. The fourth-order valence-electron chi connectivity index (χ4n) is 3.63. The Labute approximate surface area is 140 Å². The monoisotopic (exact) mass is 331 g/mol. The van der Waals surface area contributed by atoms with Gasteiger partial charge >= 0.3 is 0 Å². The summed E-state index contributed by atoms with van der Waals surface area (Å²) in [6.07, 6.45) is 4.37. The van der Waals surface area contributed by atoms with Crippen LogP contribution in [0.1, 0.15) is 46.0 Å². The lowest BCUT2D eigenvalue weighted by molar-refractivity contribution is -0.136. The third-order valence-electron chi connectivity index (χ3n) is 5.11. The molecule has 0 saturated carbocycles. The summed E-state index contributed by atoms with van der Waals surface area (Å²) in [6, 6.07) is 0.825. The summed E-state index contributed by atoms with van der Waals surface area (Å²) < 4.78 is 0. The molecule has 2 saturated heterocycles. The van der Waals surface area contributed by atoms with E-state index in [-0.39, 0.29) is 30.1 Å². The van der Waals surface area contributed by atoms with E-state index < -0.39 is 0 Å². The molecule has 1 N–H and O–H groups in total. The van der Waals surface area contributed by atoms with Crippen molar-refractivity contribution in [3.05, 3.63) is 0 Å². The van der Waals surface area contributed by atoms with Gasteiger partial charge in [0.05, 0.1) is 5.92 Å². The van der Waals surface area contributed by atoms with Gasteiger partial charge in [0, 0.05) is 38.1 Å². The predicted molar refractivity (Wildman–Crippen MR) is 90.1 cm³/mol. The van der Waals surface area contributed by atoms with Crippen molar-refractivity contribution in [1.82, 2.24) is 15.1 Å². The summed E-state index contributed by atoms with van der Waals surface area (Å²) in [7, 11) is 1.98. The highest BCUT2D eigenvalue weighted by Gasteiger charge is 2.39. The Hall–Kier alpha value is -0.810. The summed E-state index contributed by atoms with van der Waals surface area (Å²) in [5, 5.41) is 3.28. The second kappa shape index (κ2) is 8.73. The lowest BCUT2D eigenvalue weighted by Gasteiger charge is -2.33.